The van der Waals surface area contributed by atoms with Gasteiger partial charge in [0.15, 0.2) is 0 Å². The summed E-state index contributed by atoms with van der Waals surface area (Å²) in [6.45, 7) is 5.23. The summed E-state index contributed by atoms with van der Waals surface area (Å²) in [5, 5.41) is 12.4. The maximum absolute atomic E-state index is 11.7. The number of hydrogen-bond donors (Lipinski definition) is 2. The van der Waals surface area contributed by atoms with Crippen LogP contribution in [0.2, 0.25) is 0 Å². The van der Waals surface area contributed by atoms with E-state index >= 15 is 0 Å². The summed E-state index contributed by atoms with van der Waals surface area (Å²) in [5.41, 5.74) is 1.45. The van der Waals surface area contributed by atoms with Crippen molar-refractivity contribution in [3.05, 3.63) is 29.8 Å². The van der Waals surface area contributed by atoms with Crippen LogP contribution in [0.5, 0.6) is 0 Å². The molecule has 5 nitrogen and oxygen atoms in total. The van der Waals surface area contributed by atoms with Crippen molar-refractivity contribution in [3.8, 4) is 0 Å². The van der Waals surface area contributed by atoms with E-state index in [1.807, 2.05) is 30.5 Å². The SMILES string of the molecule is CC(C)C(=O)Nc1ccc(C(C(=O)O)N2CCSCC2)cc1. The highest BCUT2D eigenvalue weighted by Gasteiger charge is 2.28. The Bertz CT molecular complexity index is 525. The van der Waals surface area contributed by atoms with Crippen LogP contribution in [0.3, 0.4) is 0 Å². The van der Waals surface area contributed by atoms with Gasteiger partial charge in [0, 0.05) is 36.2 Å². The van der Waals surface area contributed by atoms with Gasteiger partial charge in [0.05, 0.1) is 0 Å². The Labute approximate surface area is 135 Å². The first-order valence-electron chi connectivity index (χ1n) is 7.44. The number of aliphatic carboxylic acids is 1. The molecule has 1 fully saturated rings. The van der Waals surface area contributed by atoms with Gasteiger partial charge in [-0.3, -0.25) is 14.5 Å². The lowest BCUT2D eigenvalue weighted by molar-refractivity contribution is -0.143. The molecular weight excluding hydrogens is 300 g/mol. The molecule has 1 aromatic rings. The quantitative estimate of drug-likeness (QED) is 0.871. The van der Waals surface area contributed by atoms with Crippen LogP contribution in [-0.4, -0.2) is 46.5 Å². The van der Waals surface area contributed by atoms with E-state index in [4.69, 9.17) is 0 Å². The summed E-state index contributed by atoms with van der Waals surface area (Å²) in [7, 11) is 0. The number of rotatable bonds is 5. The van der Waals surface area contributed by atoms with Crippen LogP contribution in [-0.2, 0) is 9.59 Å². The van der Waals surface area contributed by atoms with Crippen LogP contribution in [0.1, 0.15) is 25.5 Å². The molecule has 2 N–H and O–H groups in total. The molecule has 1 aliphatic heterocycles. The molecule has 120 valence electrons. The molecule has 1 amide bonds. The molecule has 1 aliphatic rings. The molecular formula is C16H22N2O3S. The van der Waals surface area contributed by atoms with E-state index < -0.39 is 12.0 Å². The molecule has 1 atom stereocenters. The second kappa shape index (κ2) is 7.65. The van der Waals surface area contributed by atoms with E-state index in [2.05, 4.69) is 5.32 Å². The lowest BCUT2D eigenvalue weighted by Crippen LogP contribution is -2.39. The van der Waals surface area contributed by atoms with Crippen molar-refractivity contribution in [2.75, 3.05) is 29.9 Å². The highest BCUT2D eigenvalue weighted by atomic mass is 32.2. The summed E-state index contributed by atoms with van der Waals surface area (Å²) in [5.74, 6) is 0.970. The third kappa shape index (κ3) is 4.24. The second-order valence-corrected chi connectivity index (χ2v) is 6.88. The van der Waals surface area contributed by atoms with Crippen LogP contribution >= 0.6 is 11.8 Å². The lowest BCUT2D eigenvalue weighted by atomic mass is 10.0. The molecule has 0 aliphatic carbocycles. The molecule has 0 bridgehead atoms. The molecule has 1 heterocycles. The van der Waals surface area contributed by atoms with Crippen LogP contribution < -0.4 is 5.32 Å². The Morgan fingerprint density at radius 1 is 1.18 bits per heavy atom. The molecule has 22 heavy (non-hydrogen) atoms. The number of hydrogen-bond acceptors (Lipinski definition) is 4. The number of nitrogens with zero attached hydrogens (tertiary/aromatic N) is 1. The summed E-state index contributed by atoms with van der Waals surface area (Å²) in [4.78, 5) is 25.3. The third-order valence-corrected chi connectivity index (χ3v) is 4.61. The fraction of sp³-hybridized carbons (Fsp3) is 0.500. The van der Waals surface area contributed by atoms with Gasteiger partial charge in [0.25, 0.3) is 0 Å². The number of anilines is 1. The van der Waals surface area contributed by atoms with E-state index in [1.54, 1.807) is 24.3 Å². The zero-order valence-electron chi connectivity index (χ0n) is 12.9. The Balaban J connectivity index is 2.12. The van der Waals surface area contributed by atoms with Gasteiger partial charge in [-0.2, -0.15) is 11.8 Å². The van der Waals surface area contributed by atoms with E-state index in [0.29, 0.717) is 5.69 Å². The maximum Gasteiger partial charge on any atom is 0.325 e. The number of nitrogens with one attached hydrogen (secondary N) is 1. The molecule has 0 radical (unpaired) electrons. The smallest absolute Gasteiger partial charge is 0.325 e. The predicted octanol–water partition coefficient (Wildman–Crippen LogP) is 2.46. The van der Waals surface area contributed by atoms with Crippen molar-refractivity contribution in [1.29, 1.82) is 0 Å². The van der Waals surface area contributed by atoms with Gasteiger partial charge in [-0.15, -0.1) is 0 Å². The second-order valence-electron chi connectivity index (χ2n) is 5.66. The van der Waals surface area contributed by atoms with Gasteiger partial charge >= 0.3 is 5.97 Å². The normalized spacial score (nSPS) is 17.2. The van der Waals surface area contributed by atoms with E-state index in [1.165, 1.54) is 0 Å². The third-order valence-electron chi connectivity index (χ3n) is 3.66. The number of carboxylic acids is 1. The minimum absolute atomic E-state index is 0.0458. The van der Waals surface area contributed by atoms with Crippen molar-refractivity contribution < 1.29 is 14.7 Å². The van der Waals surface area contributed by atoms with E-state index in [-0.39, 0.29) is 11.8 Å². The lowest BCUT2D eigenvalue weighted by Gasteiger charge is -2.32. The zero-order valence-corrected chi connectivity index (χ0v) is 13.7. The Morgan fingerprint density at radius 3 is 2.27 bits per heavy atom. The largest absolute Gasteiger partial charge is 0.480 e. The minimum atomic E-state index is -0.828. The van der Waals surface area contributed by atoms with Crippen molar-refractivity contribution in [2.45, 2.75) is 19.9 Å². The van der Waals surface area contributed by atoms with Crippen molar-refractivity contribution in [3.63, 3.8) is 0 Å². The minimum Gasteiger partial charge on any atom is -0.480 e. The Morgan fingerprint density at radius 2 is 1.77 bits per heavy atom. The van der Waals surface area contributed by atoms with Gasteiger partial charge in [-0.1, -0.05) is 26.0 Å². The van der Waals surface area contributed by atoms with Crippen molar-refractivity contribution in [2.24, 2.45) is 5.92 Å². The Hall–Kier alpha value is -1.53. The fourth-order valence-corrected chi connectivity index (χ4v) is 3.31. The van der Waals surface area contributed by atoms with Crippen molar-refractivity contribution in [1.82, 2.24) is 4.90 Å². The standard InChI is InChI=1S/C16H22N2O3S/c1-11(2)15(19)17-13-5-3-12(4-6-13)14(16(20)21)18-7-9-22-10-8-18/h3-6,11,14H,7-10H2,1-2H3,(H,17,19)(H,20,21). The van der Waals surface area contributed by atoms with E-state index in [0.717, 1.165) is 30.2 Å². The molecule has 2 rings (SSSR count). The summed E-state index contributed by atoms with van der Waals surface area (Å²) in [6, 6.07) is 6.50. The molecule has 0 saturated carbocycles. The van der Waals surface area contributed by atoms with Gasteiger partial charge in [0.2, 0.25) is 5.91 Å². The molecule has 6 heteroatoms. The first kappa shape index (κ1) is 16.8. The number of amides is 1. The monoisotopic (exact) mass is 322 g/mol. The molecule has 0 spiro atoms. The number of carboxylic acid groups (broad SMARTS) is 1. The fourth-order valence-electron chi connectivity index (χ4n) is 2.38. The molecule has 1 aromatic carbocycles. The van der Waals surface area contributed by atoms with Gasteiger partial charge < -0.3 is 10.4 Å². The highest BCUT2D eigenvalue weighted by Crippen LogP contribution is 2.25. The van der Waals surface area contributed by atoms with Gasteiger partial charge in [-0.05, 0) is 17.7 Å². The summed E-state index contributed by atoms with van der Waals surface area (Å²) in [6.07, 6.45) is 0. The molecule has 1 saturated heterocycles. The summed E-state index contributed by atoms with van der Waals surface area (Å²) >= 11 is 1.85. The number of carbonyl (C=O) groups is 2. The maximum atomic E-state index is 11.7. The predicted molar refractivity (Wildman–Crippen MR) is 89.2 cm³/mol. The summed E-state index contributed by atoms with van der Waals surface area (Å²) < 4.78 is 0. The van der Waals surface area contributed by atoms with Crippen LogP contribution in [0.15, 0.2) is 24.3 Å². The molecule has 1 unspecified atom stereocenters. The average Bonchev–Trinajstić information content (AvgIpc) is 2.50. The van der Waals surface area contributed by atoms with Crippen LogP contribution in [0.4, 0.5) is 5.69 Å². The average molecular weight is 322 g/mol. The zero-order chi connectivity index (χ0) is 16.1. The number of carbonyl (C=O) groups excluding carboxylic acids is 1. The highest BCUT2D eigenvalue weighted by molar-refractivity contribution is 7.99. The van der Waals surface area contributed by atoms with Gasteiger partial charge in [0.1, 0.15) is 6.04 Å². The van der Waals surface area contributed by atoms with Crippen LogP contribution in [0, 0.1) is 5.92 Å². The number of thioether (sulfide) groups is 1. The first-order chi connectivity index (χ1) is 10.5. The first-order valence-corrected chi connectivity index (χ1v) is 8.60. The van der Waals surface area contributed by atoms with Gasteiger partial charge in [-0.25, -0.2) is 0 Å². The van der Waals surface area contributed by atoms with E-state index in [9.17, 15) is 14.7 Å². The topological polar surface area (TPSA) is 69.6 Å². The van der Waals surface area contributed by atoms with Crippen LogP contribution in [0.25, 0.3) is 0 Å². The molecule has 0 aromatic heterocycles. The Kier molecular flexibility index (Phi) is 5.85. The van der Waals surface area contributed by atoms with Crippen molar-refractivity contribution >= 4 is 29.3 Å². The number of benzene rings is 1.